The van der Waals surface area contributed by atoms with E-state index in [1.165, 1.54) is 14.2 Å². The molecule has 4 amide bonds. The van der Waals surface area contributed by atoms with Crippen LogP contribution in [0, 0.1) is 0 Å². The van der Waals surface area contributed by atoms with Gasteiger partial charge in [-0.3, -0.25) is 0 Å². The maximum absolute atomic E-state index is 12.5. The number of rotatable bonds is 17. The minimum absolute atomic E-state index is 0.0360. The number of hydrogen-bond acceptors (Lipinski definition) is 8. The van der Waals surface area contributed by atoms with Crippen molar-refractivity contribution in [3.63, 3.8) is 0 Å². The Balaban J connectivity index is 4.50. The van der Waals surface area contributed by atoms with Gasteiger partial charge in [0.1, 0.15) is 6.61 Å². The second-order valence-corrected chi connectivity index (χ2v) is 10.9. The molecule has 0 spiro atoms. The van der Waals surface area contributed by atoms with Gasteiger partial charge in [0.25, 0.3) is 0 Å². The Morgan fingerprint density at radius 1 is 1.03 bits per heavy atom. The average Bonchev–Trinajstić information content (AvgIpc) is 2.78. The molecule has 0 aliphatic heterocycles. The van der Waals surface area contributed by atoms with E-state index in [1.807, 2.05) is 0 Å². The topological polar surface area (TPSA) is 138 Å². The molecule has 0 fully saturated rings. The van der Waals surface area contributed by atoms with Crippen LogP contribution in [0.2, 0.25) is 6.04 Å². The monoisotopic (exact) mass is 494 g/mol. The van der Waals surface area contributed by atoms with Crippen LogP contribution in [0.15, 0.2) is 12.2 Å². The zero-order valence-corrected chi connectivity index (χ0v) is 21.2. The van der Waals surface area contributed by atoms with Crippen LogP contribution in [-0.2, 0) is 18.4 Å². The molecule has 0 radical (unpaired) electrons. The van der Waals surface area contributed by atoms with Crippen LogP contribution >= 0.6 is 12.6 Å². The molecule has 186 valence electrons. The number of urea groups is 2. The van der Waals surface area contributed by atoms with Crippen molar-refractivity contribution in [1.82, 2.24) is 20.9 Å². The number of hydrogen-bond donors (Lipinski definition) is 5. The fourth-order valence-electron chi connectivity index (χ4n) is 2.53. The van der Waals surface area contributed by atoms with E-state index in [9.17, 15) is 19.5 Å². The molecule has 4 N–H and O–H groups in total. The third kappa shape index (κ3) is 12.9. The molecule has 0 unspecified atom stereocenters. The van der Waals surface area contributed by atoms with Gasteiger partial charge >= 0.3 is 26.6 Å². The second kappa shape index (κ2) is 17.7. The number of ether oxygens (including phenoxy) is 1. The Bertz CT molecular complexity index is 586. The van der Waals surface area contributed by atoms with Gasteiger partial charge in [0.15, 0.2) is 0 Å². The first-order valence-electron chi connectivity index (χ1n) is 10.4. The fraction of sp³-hybridized carbons (Fsp3) is 0.737. The van der Waals surface area contributed by atoms with E-state index in [2.05, 4.69) is 35.2 Å². The molecule has 0 bridgehead atoms. The van der Waals surface area contributed by atoms with E-state index in [4.69, 9.17) is 13.6 Å². The van der Waals surface area contributed by atoms with Crippen LogP contribution < -0.4 is 16.0 Å². The smallest absolute Gasteiger partial charge is 0.364 e. The van der Waals surface area contributed by atoms with Crippen molar-refractivity contribution in [3.05, 3.63) is 12.2 Å². The van der Waals surface area contributed by atoms with Gasteiger partial charge in [-0.25, -0.2) is 14.4 Å². The van der Waals surface area contributed by atoms with Crippen LogP contribution in [0.4, 0.5) is 9.59 Å². The van der Waals surface area contributed by atoms with Gasteiger partial charge in [-0.05, 0) is 31.6 Å². The van der Waals surface area contributed by atoms with Crippen molar-refractivity contribution in [3.8, 4) is 0 Å². The van der Waals surface area contributed by atoms with E-state index in [0.29, 0.717) is 37.9 Å². The molecular weight excluding hydrogens is 456 g/mol. The van der Waals surface area contributed by atoms with Crippen molar-refractivity contribution >= 4 is 39.2 Å². The Morgan fingerprint density at radius 2 is 1.69 bits per heavy atom. The lowest BCUT2D eigenvalue weighted by molar-refractivity contribution is -0.138. The van der Waals surface area contributed by atoms with Crippen LogP contribution in [0.1, 0.15) is 19.8 Å². The standard InChI is InChI=1S/C19H38N4O7SSi/c1-16(2)17(25)30-12-9-21-18(26)20-8-11-23(19(27)22-7-5-13-31)10-6-14-32(15-24,28-3)29-4/h24,31H,1,5-15H2,2-4H3,(H,22,27)(H2,20,21,26). The summed E-state index contributed by atoms with van der Waals surface area (Å²) in [7, 11) is 0.352. The number of nitrogens with one attached hydrogen (secondary N) is 3. The lowest BCUT2D eigenvalue weighted by atomic mass is 10.4. The van der Waals surface area contributed by atoms with E-state index in [0.717, 1.165) is 6.42 Å². The van der Waals surface area contributed by atoms with Crippen molar-refractivity contribution < 1.29 is 33.1 Å². The van der Waals surface area contributed by atoms with E-state index >= 15 is 0 Å². The SMILES string of the molecule is C=C(C)C(=O)OCCNC(=O)NCCN(CCC[Si](CO)(OC)OC)C(=O)NCCCS. The molecule has 0 aliphatic carbocycles. The highest BCUT2D eigenvalue weighted by Crippen LogP contribution is 2.14. The highest BCUT2D eigenvalue weighted by atomic mass is 32.1. The number of aliphatic hydroxyl groups is 1. The zero-order chi connectivity index (χ0) is 24.4. The summed E-state index contributed by atoms with van der Waals surface area (Å²) in [5.74, 6) is 0.151. The van der Waals surface area contributed by atoms with Gasteiger partial charge in [-0.2, -0.15) is 12.6 Å². The number of amides is 4. The number of aliphatic hydroxyl groups excluding tert-OH is 1. The normalized spacial score (nSPS) is 10.9. The van der Waals surface area contributed by atoms with Crippen LogP contribution in [-0.4, -0.2) is 102 Å². The van der Waals surface area contributed by atoms with E-state index in [-0.39, 0.29) is 37.5 Å². The molecular formula is C19H38N4O7SSi. The molecule has 0 atom stereocenters. The molecule has 0 aromatic carbocycles. The maximum atomic E-state index is 12.5. The third-order valence-corrected chi connectivity index (χ3v) is 7.91. The number of carbonyl (C=O) groups excluding carboxylic acids is 3. The van der Waals surface area contributed by atoms with Gasteiger partial charge in [0.05, 0.1) is 12.8 Å². The Morgan fingerprint density at radius 3 is 2.25 bits per heavy atom. The molecule has 0 rings (SSSR count). The van der Waals surface area contributed by atoms with Gasteiger partial charge in [-0.1, -0.05) is 6.58 Å². The summed E-state index contributed by atoms with van der Waals surface area (Å²) in [6.07, 6.45) is 1.15. The fourth-order valence-corrected chi connectivity index (χ4v) is 4.38. The highest BCUT2D eigenvalue weighted by molar-refractivity contribution is 7.80. The third-order valence-electron chi connectivity index (χ3n) is 4.51. The van der Waals surface area contributed by atoms with Gasteiger partial charge < -0.3 is 39.5 Å². The van der Waals surface area contributed by atoms with Gasteiger partial charge in [0.2, 0.25) is 0 Å². The van der Waals surface area contributed by atoms with Crippen LogP contribution in [0.25, 0.3) is 0 Å². The largest absolute Gasteiger partial charge is 0.460 e. The summed E-state index contributed by atoms with van der Waals surface area (Å²) >= 11 is 4.13. The first kappa shape index (κ1) is 30.2. The molecule has 0 aromatic heterocycles. The van der Waals surface area contributed by atoms with Crippen LogP contribution in [0.3, 0.4) is 0 Å². The average molecular weight is 495 g/mol. The van der Waals surface area contributed by atoms with Gasteiger partial charge in [0, 0.05) is 46.0 Å². The predicted octanol–water partition coefficient (Wildman–Crippen LogP) is 0.393. The Kier molecular flexibility index (Phi) is 16.7. The zero-order valence-electron chi connectivity index (χ0n) is 19.3. The molecule has 0 saturated heterocycles. The molecule has 32 heavy (non-hydrogen) atoms. The van der Waals surface area contributed by atoms with Crippen LogP contribution in [0.5, 0.6) is 0 Å². The number of carbonyl (C=O) groups is 3. The molecule has 0 saturated carbocycles. The van der Waals surface area contributed by atoms with Crippen molar-refractivity contribution in [1.29, 1.82) is 0 Å². The number of esters is 1. The molecule has 11 nitrogen and oxygen atoms in total. The summed E-state index contributed by atoms with van der Waals surface area (Å²) < 4.78 is 15.7. The summed E-state index contributed by atoms with van der Waals surface area (Å²) in [6.45, 7) is 6.64. The first-order valence-corrected chi connectivity index (χ1v) is 13.3. The summed E-state index contributed by atoms with van der Waals surface area (Å²) in [6, 6.07) is -0.155. The lowest BCUT2D eigenvalue weighted by Gasteiger charge is -2.27. The molecule has 0 aliphatic rings. The summed E-state index contributed by atoms with van der Waals surface area (Å²) in [5.41, 5.74) is 0.289. The first-order chi connectivity index (χ1) is 15.2. The van der Waals surface area contributed by atoms with Crippen molar-refractivity contribution in [2.45, 2.75) is 25.8 Å². The molecule has 13 heteroatoms. The molecule has 0 aromatic rings. The van der Waals surface area contributed by atoms with E-state index in [1.54, 1.807) is 11.8 Å². The quantitative estimate of drug-likeness (QED) is 0.0648. The minimum atomic E-state index is -2.67. The summed E-state index contributed by atoms with van der Waals surface area (Å²) in [5, 5.41) is 17.6. The highest BCUT2D eigenvalue weighted by Gasteiger charge is 2.34. The lowest BCUT2D eigenvalue weighted by Crippen LogP contribution is -2.48. The Hall–Kier alpha value is -1.80. The van der Waals surface area contributed by atoms with Gasteiger partial charge in [-0.15, -0.1) is 0 Å². The van der Waals surface area contributed by atoms with E-state index < -0.39 is 20.6 Å². The Labute approximate surface area is 196 Å². The van der Waals surface area contributed by atoms with Crippen molar-refractivity contribution in [2.75, 3.05) is 65.5 Å². The van der Waals surface area contributed by atoms with Crippen molar-refractivity contribution in [2.24, 2.45) is 0 Å². The second-order valence-electron chi connectivity index (χ2n) is 6.98. The number of thiol groups is 1. The predicted molar refractivity (Wildman–Crippen MR) is 127 cm³/mol. The molecule has 0 heterocycles. The maximum Gasteiger partial charge on any atom is 0.364 e. The minimum Gasteiger partial charge on any atom is -0.460 e. The number of nitrogens with zero attached hydrogens (tertiary/aromatic N) is 1. The summed E-state index contributed by atoms with van der Waals surface area (Å²) in [4.78, 5) is 37.2.